The summed E-state index contributed by atoms with van der Waals surface area (Å²) in [5.74, 6) is 0.382. The number of rotatable bonds is 3. The van der Waals surface area contributed by atoms with E-state index in [9.17, 15) is 14.4 Å². The molecule has 6 aliphatic rings. The maximum absolute atomic E-state index is 14.6. The van der Waals surface area contributed by atoms with Crippen molar-refractivity contribution >= 4 is 17.3 Å². The summed E-state index contributed by atoms with van der Waals surface area (Å²) in [5, 5.41) is 0. The molecule has 0 aromatic rings. The van der Waals surface area contributed by atoms with Gasteiger partial charge in [-0.2, -0.15) is 0 Å². The van der Waals surface area contributed by atoms with Crippen molar-refractivity contribution in [3.8, 4) is 0 Å². The molecule has 5 heteroatoms. The molecule has 5 fully saturated rings. The van der Waals surface area contributed by atoms with Gasteiger partial charge in [-0.15, -0.1) is 0 Å². The molecule has 9 atom stereocenters. The Morgan fingerprint density at radius 1 is 1.03 bits per heavy atom. The molecule has 212 valence electrons. The number of carbonyl (C=O) groups is 3. The lowest BCUT2D eigenvalue weighted by molar-refractivity contribution is -0.179. The standard InChI is InChI=1S/C34H47NO4/c1-10-11-24(37)33-16-14-28(2,3)19-20(33)25-21(36)18-23-30(6,31(25,7)15-17-33)13-12-22-29(4,5)26(38)34(35-9)27(39-34)32(22,23)8/h18,20,22,25,27H,10-17,19H2,1-8H3/t20-,22-,25-,27+,30+,31+,32-,33-,34-/m0/s1. The molecule has 0 aromatic carbocycles. The fourth-order valence-corrected chi connectivity index (χ4v) is 11.4. The fourth-order valence-electron chi connectivity index (χ4n) is 11.4. The highest BCUT2D eigenvalue weighted by Gasteiger charge is 2.87. The molecule has 0 unspecified atom stereocenters. The summed E-state index contributed by atoms with van der Waals surface area (Å²) in [6, 6.07) is 0. The van der Waals surface area contributed by atoms with Crippen LogP contribution < -0.4 is 0 Å². The molecule has 39 heavy (non-hydrogen) atoms. The quantitative estimate of drug-likeness (QED) is 0.286. The van der Waals surface area contributed by atoms with E-state index in [0.29, 0.717) is 12.2 Å². The topological polar surface area (TPSA) is 68.1 Å². The monoisotopic (exact) mass is 533 g/mol. The first-order chi connectivity index (χ1) is 18.0. The number of hydrogen-bond donors (Lipinski definition) is 0. The molecule has 0 spiro atoms. The first kappa shape index (κ1) is 27.4. The summed E-state index contributed by atoms with van der Waals surface area (Å²) in [4.78, 5) is 45.8. The SMILES string of the molecule is [C-]#[N+][C@@]12O[C@@H]1[C@]1(C)C3=CC(=O)[C@@H]4[C@@H]5CC(C)(C)CC[C@]5(C(=O)CCC)CC[C@@]4(C)[C@]3(C)CC[C@H]1C(C)(C)C2=O. The lowest BCUT2D eigenvalue weighted by atomic mass is 9.33. The molecular formula is C34H47NO4. The normalized spacial score (nSPS) is 50.7. The molecule has 0 bridgehead atoms. The maximum atomic E-state index is 14.6. The number of carbonyl (C=O) groups excluding carboxylic acids is 3. The first-order valence-corrected chi connectivity index (χ1v) is 15.4. The van der Waals surface area contributed by atoms with E-state index in [1.54, 1.807) is 0 Å². The van der Waals surface area contributed by atoms with Crippen molar-refractivity contribution in [2.45, 2.75) is 125 Å². The van der Waals surface area contributed by atoms with Crippen LogP contribution in [0.15, 0.2) is 11.6 Å². The number of fused-ring (bicyclic) bond motifs is 9. The number of Topliss-reactive ketones (excluding diaryl/α,β-unsaturated/α-hetero) is 2. The number of ether oxygens (including phenoxy) is 1. The zero-order valence-electron chi connectivity index (χ0n) is 25.3. The molecule has 0 aromatic heterocycles. The summed E-state index contributed by atoms with van der Waals surface area (Å²) < 4.78 is 6.12. The molecule has 1 heterocycles. The van der Waals surface area contributed by atoms with Gasteiger partial charge in [0.25, 0.3) is 5.78 Å². The maximum Gasteiger partial charge on any atom is 0.424 e. The smallest absolute Gasteiger partial charge is 0.299 e. The second-order valence-electron chi connectivity index (χ2n) is 16.2. The first-order valence-electron chi connectivity index (χ1n) is 15.4. The van der Waals surface area contributed by atoms with E-state index in [1.165, 1.54) is 0 Å². The highest BCUT2D eigenvalue weighted by molar-refractivity contribution is 6.00. The van der Waals surface area contributed by atoms with E-state index in [4.69, 9.17) is 11.3 Å². The average molecular weight is 534 g/mol. The second kappa shape index (κ2) is 7.72. The predicted octanol–water partition coefficient (Wildman–Crippen LogP) is 7.14. The molecule has 1 aliphatic heterocycles. The molecular weight excluding hydrogens is 486 g/mol. The largest absolute Gasteiger partial charge is 0.424 e. The van der Waals surface area contributed by atoms with Crippen LogP contribution in [0.1, 0.15) is 113 Å². The summed E-state index contributed by atoms with van der Waals surface area (Å²) in [6.45, 7) is 25.5. The number of allylic oxidation sites excluding steroid dienone is 1. The number of hydrogen-bond acceptors (Lipinski definition) is 4. The fraction of sp³-hybridized carbons (Fsp3) is 0.824. The minimum Gasteiger partial charge on any atom is -0.299 e. The van der Waals surface area contributed by atoms with E-state index < -0.39 is 22.7 Å². The zero-order valence-corrected chi connectivity index (χ0v) is 25.3. The summed E-state index contributed by atoms with van der Waals surface area (Å²) in [5.41, 5.74) is -2.34. The van der Waals surface area contributed by atoms with Gasteiger partial charge in [0.15, 0.2) is 11.9 Å². The average Bonchev–Trinajstić information content (AvgIpc) is 3.61. The minimum atomic E-state index is -1.41. The minimum absolute atomic E-state index is 0.0228. The molecule has 0 N–H and O–H groups in total. The van der Waals surface area contributed by atoms with E-state index in [0.717, 1.165) is 56.9 Å². The highest BCUT2D eigenvalue weighted by atomic mass is 16.6. The Morgan fingerprint density at radius 3 is 2.33 bits per heavy atom. The van der Waals surface area contributed by atoms with Crippen LogP contribution in [0.3, 0.4) is 0 Å². The van der Waals surface area contributed by atoms with Gasteiger partial charge >= 0.3 is 5.72 Å². The van der Waals surface area contributed by atoms with Crippen LogP contribution in [0.2, 0.25) is 0 Å². The van der Waals surface area contributed by atoms with Crippen molar-refractivity contribution in [3.63, 3.8) is 0 Å². The predicted molar refractivity (Wildman–Crippen MR) is 149 cm³/mol. The zero-order chi connectivity index (χ0) is 28.6. The molecule has 6 rings (SSSR count). The van der Waals surface area contributed by atoms with Crippen molar-refractivity contribution in [2.75, 3.05) is 0 Å². The highest BCUT2D eigenvalue weighted by Crippen LogP contribution is 2.78. The van der Waals surface area contributed by atoms with E-state index >= 15 is 0 Å². The van der Waals surface area contributed by atoms with Crippen LogP contribution >= 0.6 is 0 Å². The van der Waals surface area contributed by atoms with Gasteiger partial charge in [-0.05, 0) is 85.5 Å². The Kier molecular flexibility index (Phi) is 5.42. The van der Waals surface area contributed by atoms with Crippen molar-refractivity contribution in [1.29, 1.82) is 0 Å². The number of ketones is 3. The van der Waals surface area contributed by atoms with Crippen LogP contribution in [-0.2, 0) is 19.1 Å². The van der Waals surface area contributed by atoms with E-state index in [2.05, 4.69) is 46.4 Å². The molecule has 0 radical (unpaired) electrons. The molecule has 5 nitrogen and oxygen atoms in total. The van der Waals surface area contributed by atoms with Crippen LogP contribution in [0.25, 0.3) is 4.85 Å². The summed E-state index contributed by atoms with van der Waals surface area (Å²) >= 11 is 0. The Balaban J connectivity index is 1.51. The number of epoxide rings is 1. The molecule has 1 saturated heterocycles. The van der Waals surface area contributed by atoms with Gasteiger partial charge in [0.2, 0.25) is 0 Å². The summed E-state index contributed by atoms with van der Waals surface area (Å²) in [7, 11) is 0. The second-order valence-corrected chi connectivity index (χ2v) is 16.2. The molecule has 0 amide bonds. The Bertz CT molecular complexity index is 1250. The van der Waals surface area contributed by atoms with Crippen molar-refractivity contribution < 1.29 is 19.1 Å². The van der Waals surface area contributed by atoms with Crippen LogP contribution in [0.5, 0.6) is 0 Å². The van der Waals surface area contributed by atoms with Gasteiger partial charge in [0, 0.05) is 28.6 Å². The van der Waals surface area contributed by atoms with Gasteiger partial charge in [-0.25, -0.2) is 6.57 Å². The third-order valence-corrected chi connectivity index (χ3v) is 13.7. The third-order valence-electron chi connectivity index (χ3n) is 13.7. The summed E-state index contributed by atoms with van der Waals surface area (Å²) in [6.07, 6.45) is 9.30. The third kappa shape index (κ3) is 2.98. The van der Waals surface area contributed by atoms with Crippen LogP contribution in [0, 0.1) is 56.8 Å². The van der Waals surface area contributed by atoms with Gasteiger partial charge in [0.05, 0.1) is 0 Å². The lowest BCUT2D eigenvalue weighted by Crippen LogP contribution is -2.67. The van der Waals surface area contributed by atoms with Gasteiger partial charge in [0.1, 0.15) is 5.78 Å². The molecule has 5 aliphatic carbocycles. The Labute approximate surface area is 234 Å². The Morgan fingerprint density at radius 2 is 1.69 bits per heavy atom. The number of nitrogens with zero attached hydrogens (tertiary/aromatic N) is 1. The van der Waals surface area contributed by atoms with Crippen LogP contribution in [0.4, 0.5) is 0 Å². The van der Waals surface area contributed by atoms with Crippen molar-refractivity contribution in [2.24, 2.45) is 50.2 Å². The molecule has 4 saturated carbocycles. The van der Waals surface area contributed by atoms with Gasteiger partial charge in [-0.1, -0.05) is 61.0 Å². The van der Waals surface area contributed by atoms with E-state index in [1.807, 2.05) is 19.9 Å². The van der Waals surface area contributed by atoms with E-state index in [-0.39, 0.29) is 51.0 Å². The van der Waals surface area contributed by atoms with Crippen LogP contribution in [-0.4, -0.2) is 29.2 Å². The van der Waals surface area contributed by atoms with Gasteiger partial charge < -0.3 is 0 Å². The van der Waals surface area contributed by atoms with Crippen molar-refractivity contribution in [3.05, 3.63) is 23.1 Å². The van der Waals surface area contributed by atoms with Crippen molar-refractivity contribution in [1.82, 2.24) is 0 Å². The lowest BCUT2D eigenvalue weighted by Gasteiger charge is -2.69. The Hall–Kier alpha value is -1.80. The van der Waals surface area contributed by atoms with Gasteiger partial charge in [-0.3, -0.25) is 24.0 Å².